The maximum absolute atomic E-state index is 4.73. The first-order chi connectivity index (χ1) is 28.8. The van der Waals surface area contributed by atoms with Crippen LogP contribution in [-0.2, 0) is 0 Å². The van der Waals surface area contributed by atoms with Crippen LogP contribution in [0.15, 0.2) is 207 Å². The zero-order valence-corrected chi connectivity index (χ0v) is 32.0. The first-order valence-electron chi connectivity index (χ1n) is 19.6. The zero-order valence-electron chi connectivity index (χ0n) is 32.0. The molecule has 9 rings (SSSR count). The molecular formula is C56H40N2. The fourth-order valence-corrected chi connectivity index (χ4v) is 7.69. The third-order valence-electron chi connectivity index (χ3n) is 10.5. The Bertz CT molecular complexity index is 2620. The Labute approximate surface area is 340 Å². The Balaban J connectivity index is 1.14. The Morgan fingerprint density at radius 1 is 0.293 bits per heavy atom. The molecule has 274 valence electrons. The zero-order chi connectivity index (χ0) is 38.9. The van der Waals surface area contributed by atoms with E-state index in [0.29, 0.717) is 0 Å². The quantitative estimate of drug-likeness (QED) is 0.103. The van der Waals surface area contributed by atoms with E-state index in [-0.39, 0.29) is 0 Å². The van der Waals surface area contributed by atoms with Gasteiger partial charge in [-0.15, -0.1) is 0 Å². The van der Waals surface area contributed by atoms with Crippen LogP contribution in [0.3, 0.4) is 0 Å². The van der Waals surface area contributed by atoms with E-state index < -0.39 is 0 Å². The lowest BCUT2D eigenvalue weighted by molar-refractivity contribution is 1.27. The van der Waals surface area contributed by atoms with Gasteiger partial charge in [0.1, 0.15) is 0 Å². The molecule has 2 aromatic heterocycles. The van der Waals surface area contributed by atoms with Crippen molar-refractivity contribution in [3.63, 3.8) is 0 Å². The van der Waals surface area contributed by atoms with Crippen molar-refractivity contribution in [2.45, 2.75) is 0 Å². The third-order valence-corrected chi connectivity index (χ3v) is 10.5. The number of nitrogens with zero attached hydrogens (tertiary/aromatic N) is 2. The van der Waals surface area contributed by atoms with Gasteiger partial charge >= 0.3 is 0 Å². The predicted molar refractivity (Wildman–Crippen MR) is 247 cm³/mol. The van der Waals surface area contributed by atoms with Crippen LogP contribution >= 0.6 is 0 Å². The van der Waals surface area contributed by atoms with E-state index in [2.05, 4.69) is 206 Å². The number of benzene rings is 7. The summed E-state index contributed by atoms with van der Waals surface area (Å²) < 4.78 is 0. The molecule has 2 heteroatoms. The topological polar surface area (TPSA) is 25.8 Å². The highest BCUT2D eigenvalue weighted by molar-refractivity contribution is 6.14. The fraction of sp³-hybridized carbons (Fsp3) is 0. The highest BCUT2D eigenvalue weighted by Crippen LogP contribution is 2.36. The summed E-state index contributed by atoms with van der Waals surface area (Å²) in [4.78, 5) is 9.46. The van der Waals surface area contributed by atoms with Crippen molar-refractivity contribution in [1.82, 2.24) is 9.97 Å². The van der Waals surface area contributed by atoms with Gasteiger partial charge in [0.25, 0.3) is 0 Å². The van der Waals surface area contributed by atoms with E-state index in [0.717, 1.165) is 55.9 Å². The molecule has 0 atom stereocenters. The molecule has 58 heavy (non-hydrogen) atoms. The SMILES string of the molecule is C(=Cc1c2ccccc2c(C=Cc2ccccc2/C=C(\c2ccccc2)c2ccccn2)c2ccccc12)c1ccccc1/C=C(\c1ccccc1)c1ccccn1. The molecule has 0 N–H and O–H groups in total. The van der Waals surface area contributed by atoms with Gasteiger partial charge in [-0.2, -0.15) is 0 Å². The molecule has 0 saturated heterocycles. The lowest BCUT2D eigenvalue weighted by atomic mass is 9.90. The van der Waals surface area contributed by atoms with E-state index in [9.17, 15) is 0 Å². The Kier molecular flexibility index (Phi) is 10.5. The van der Waals surface area contributed by atoms with Gasteiger partial charge in [-0.25, -0.2) is 0 Å². The van der Waals surface area contributed by atoms with E-state index in [4.69, 9.17) is 9.97 Å². The monoisotopic (exact) mass is 740 g/mol. The molecule has 0 radical (unpaired) electrons. The standard InChI is InChI=1S/C56H40N2/c1-3-21-43(22-4-1)53(55-31-15-17-37-57-55)39-45-25-9-7-19-41(45)33-35-51-47-27-11-13-29-49(47)52(50-30-14-12-28-48(50)51)36-34-42-20-8-10-26-46(42)40-54(44-23-5-2-6-24-44)56-32-16-18-38-58-56/h1-40H/b35-33?,36-34?,53-39+,54-40+. The third kappa shape index (κ3) is 7.73. The molecule has 0 spiro atoms. The van der Waals surface area contributed by atoms with Crippen molar-refractivity contribution in [1.29, 1.82) is 0 Å². The number of rotatable bonds is 10. The molecule has 0 saturated carbocycles. The second-order valence-electron chi connectivity index (χ2n) is 14.1. The molecule has 9 aromatic rings. The summed E-state index contributed by atoms with van der Waals surface area (Å²) in [5.74, 6) is 0. The molecule has 2 nitrogen and oxygen atoms in total. The summed E-state index contributed by atoms with van der Waals surface area (Å²) in [6.45, 7) is 0. The van der Waals surface area contributed by atoms with Crippen LogP contribution in [0.1, 0.15) is 55.9 Å². The Hall–Kier alpha value is -7.68. The summed E-state index contributed by atoms with van der Waals surface area (Å²) in [6, 6.07) is 67.8. The number of fused-ring (bicyclic) bond motifs is 2. The number of hydrogen-bond acceptors (Lipinski definition) is 2. The van der Waals surface area contributed by atoms with Crippen LogP contribution in [-0.4, -0.2) is 9.97 Å². The lowest BCUT2D eigenvalue weighted by Gasteiger charge is -2.14. The van der Waals surface area contributed by atoms with Gasteiger partial charge in [-0.05, 0) is 102 Å². The highest BCUT2D eigenvalue weighted by atomic mass is 14.7. The summed E-state index contributed by atoms with van der Waals surface area (Å²) >= 11 is 0. The molecule has 0 amide bonds. The van der Waals surface area contributed by atoms with Crippen molar-refractivity contribution in [3.05, 3.63) is 262 Å². The molecule has 0 aliphatic rings. The largest absolute Gasteiger partial charge is 0.256 e. The first-order valence-corrected chi connectivity index (χ1v) is 19.6. The molecule has 0 aliphatic carbocycles. The number of aromatic nitrogens is 2. The van der Waals surface area contributed by atoms with E-state index in [1.54, 1.807) is 0 Å². The maximum atomic E-state index is 4.73. The maximum Gasteiger partial charge on any atom is 0.0708 e. The average molecular weight is 741 g/mol. The van der Waals surface area contributed by atoms with Crippen LogP contribution in [0, 0.1) is 0 Å². The van der Waals surface area contributed by atoms with Crippen molar-refractivity contribution in [2.75, 3.05) is 0 Å². The number of pyridine rings is 2. The highest BCUT2D eigenvalue weighted by Gasteiger charge is 2.13. The van der Waals surface area contributed by atoms with Crippen molar-refractivity contribution in [2.24, 2.45) is 0 Å². The molecular weight excluding hydrogens is 701 g/mol. The van der Waals surface area contributed by atoms with E-state index in [1.807, 2.05) is 36.7 Å². The van der Waals surface area contributed by atoms with Crippen LogP contribution in [0.5, 0.6) is 0 Å². The van der Waals surface area contributed by atoms with Gasteiger partial charge in [-0.3, -0.25) is 9.97 Å². The van der Waals surface area contributed by atoms with Crippen LogP contribution in [0.4, 0.5) is 0 Å². The molecule has 0 fully saturated rings. The van der Waals surface area contributed by atoms with Crippen molar-refractivity contribution < 1.29 is 0 Å². The summed E-state index contributed by atoms with van der Waals surface area (Å²) in [6.07, 6.45) is 17.3. The smallest absolute Gasteiger partial charge is 0.0708 e. The predicted octanol–water partition coefficient (Wildman–Crippen LogP) is 14.3. The second-order valence-corrected chi connectivity index (χ2v) is 14.1. The lowest BCUT2D eigenvalue weighted by Crippen LogP contribution is -1.92. The van der Waals surface area contributed by atoms with Crippen molar-refractivity contribution in [3.8, 4) is 0 Å². The van der Waals surface area contributed by atoms with Crippen LogP contribution in [0.25, 0.3) is 69.1 Å². The fourth-order valence-electron chi connectivity index (χ4n) is 7.69. The van der Waals surface area contributed by atoms with Gasteiger partial charge < -0.3 is 0 Å². The first kappa shape index (κ1) is 36.0. The molecule has 2 heterocycles. The van der Waals surface area contributed by atoms with Gasteiger partial charge in [0.15, 0.2) is 0 Å². The van der Waals surface area contributed by atoms with Crippen molar-refractivity contribution >= 4 is 69.1 Å². The van der Waals surface area contributed by atoms with E-state index in [1.165, 1.54) is 32.7 Å². The molecule has 7 aromatic carbocycles. The summed E-state index contributed by atoms with van der Waals surface area (Å²) in [5.41, 5.74) is 13.2. The normalized spacial score (nSPS) is 12.2. The van der Waals surface area contributed by atoms with Gasteiger partial charge in [0.05, 0.1) is 11.4 Å². The van der Waals surface area contributed by atoms with Gasteiger partial charge in [0, 0.05) is 23.5 Å². The average Bonchev–Trinajstić information content (AvgIpc) is 3.30. The second kappa shape index (κ2) is 17.0. The summed E-state index contributed by atoms with van der Waals surface area (Å²) in [5, 5.41) is 4.83. The van der Waals surface area contributed by atoms with E-state index >= 15 is 0 Å². The molecule has 0 aliphatic heterocycles. The van der Waals surface area contributed by atoms with Gasteiger partial charge in [0.2, 0.25) is 0 Å². The minimum absolute atomic E-state index is 0.941. The summed E-state index contributed by atoms with van der Waals surface area (Å²) in [7, 11) is 0. The minimum Gasteiger partial charge on any atom is -0.256 e. The Morgan fingerprint density at radius 2 is 0.621 bits per heavy atom. The number of hydrogen-bond donors (Lipinski definition) is 0. The van der Waals surface area contributed by atoms with Crippen LogP contribution in [0.2, 0.25) is 0 Å². The molecule has 0 bridgehead atoms. The van der Waals surface area contributed by atoms with Gasteiger partial charge in [-0.1, -0.05) is 194 Å². The van der Waals surface area contributed by atoms with Crippen LogP contribution < -0.4 is 0 Å². The Morgan fingerprint density at radius 3 is 0.983 bits per heavy atom. The minimum atomic E-state index is 0.941. The molecule has 0 unspecified atom stereocenters.